The predicted molar refractivity (Wildman–Crippen MR) is 81.2 cm³/mol. The number of halogens is 3. The minimum atomic E-state index is -4.37. The Morgan fingerprint density at radius 3 is 2.79 bits per heavy atom. The number of nitrogens with zero attached hydrogens (tertiary/aromatic N) is 3. The highest BCUT2D eigenvalue weighted by atomic mass is 19.4. The molecule has 1 atom stereocenters. The maximum atomic E-state index is 12.3. The van der Waals surface area contributed by atoms with E-state index in [0.29, 0.717) is 11.3 Å². The van der Waals surface area contributed by atoms with E-state index in [1.165, 1.54) is 12.4 Å². The fraction of sp³-hybridized carbons (Fsp3) is 0.267. The van der Waals surface area contributed by atoms with Gasteiger partial charge in [-0.3, -0.25) is 9.48 Å². The fourth-order valence-electron chi connectivity index (χ4n) is 1.95. The van der Waals surface area contributed by atoms with E-state index >= 15 is 0 Å². The number of aromatic nitrogens is 2. The van der Waals surface area contributed by atoms with Crippen molar-refractivity contribution in [2.75, 3.05) is 10.6 Å². The molecule has 2 N–H and O–H groups in total. The molecule has 126 valence electrons. The zero-order valence-corrected chi connectivity index (χ0v) is 12.6. The Morgan fingerprint density at radius 2 is 2.12 bits per heavy atom. The summed E-state index contributed by atoms with van der Waals surface area (Å²) in [5.41, 5.74) is 0.970. The van der Waals surface area contributed by atoms with Crippen LogP contribution < -0.4 is 10.6 Å². The summed E-state index contributed by atoms with van der Waals surface area (Å²) in [7, 11) is 0. The van der Waals surface area contributed by atoms with Gasteiger partial charge in [0, 0.05) is 6.20 Å². The van der Waals surface area contributed by atoms with Crippen molar-refractivity contribution in [2.45, 2.75) is 25.7 Å². The van der Waals surface area contributed by atoms with Crippen LogP contribution in [0.2, 0.25) is 0 Å². The molecule has 9 heteroatoms. The Labute approximate surface area is 135 Å². The number of para-hydroxylation sites is 1. The average molecular weight is 337 g/mol. The van der Waals surface area contributed by atoms with Crippen LogP contribution in [0.15, 0.2) is 36.7 Å². The van der Waals surface area contributed by atoms with Crippen molar-refractivity contribution in [1.82, 2.24) is 9.78 Å². The highest BCUT2D eigenvalue weighted by Crippen LogP contribution is 2.19. The van der Waals surface area contributed by atoms with Crippen molar-refractivity contribution in [2.24, 2.45) is 0 Å². The third-order valence-electron chi connectivity index (χ3n) is 3.06. The van der Waals surface area contributed by atoms with Gasteiger partial charge < -0.3 is 10.6 Å². The summed E-state index contributed by atoms with van der Waals surface area (Å²) in [5.74, 6) is -0.429. The van der Waals surface area contributed by atoms with E-state index in [-0.39, 0.29) is 5.69 Å². The van der Waals surface area contributed by atoms with Gasteiger partial charge in [-0.15, -0.1) is 0 Å². The molecule has 2 aromatic rings. The molecule has 2 rings (SSSR count). The number of nitriles is 1. The highest BCUT2D eigenvalue weighted by Gasteiger charge is 2.28. The SMILES string of the molecule is C[C@@H](Nc1cnn(CC(F)(F)F)c1)C(=O)Nc1ccccc1C#N. The molecule has 1 amide bonds. The smallest absolute Gasteiger partial charge is 0.371 e. The highest BCUT2D eigenvalue weighted by molar-refractivity contribution is 5.97. The standard InChI is InChI=1S/C15H14F3N5O/c1-10(14(24)22-13-5-3-2-4-11(13)6-19)21-12-7-20-23(8-12)9-15(16,17)18/h2-5,7-8,10,21H,9H2,1H3,(H,22,24)/t10-/m1/s1. The molecule has 24 heavy (non-hydrogen) atoms. The zero-order chi connectivity index (χ0) is 17.7. The maximum Gasteiger partial charge on any atom is 0.408 e. The molecule has 0 spiro atoms. The Kier molecular flexibility index (Phi) is 5.08. The van der Waals surface area contributed by atoms with Gasteiger partial charge in [0.05, 0.1) is 23.1 Å². The maximum absolute atomic E-state index is 12.3. The molecule has 0 radical (unpaired) electrons. The third-order valence-corrected chi connectivity index (χ3v) is 3.06. The number of alkyl halides is 3. The Balaban J connectivity index is 1.98. The van der Waals surface area contributed by atoms with Gasteiger partial charge >= 0.3 is 6.18 Å². The molecule has 0 fully saturated rings. The summed E-state index contributed by atoms with van der Waals surface area (Å²) in [6, 6.07) is 7.72. The lowest BCUT2D eigenvalue weighted by Gasteiger charge is -2.14. The molecule has 1 heterocycles. The average Bonchev–Trinajstić information content (AvgIpc) is 2.92. The number of amides is 1. The lowest BCUT2D eigenvalue weighted by Crippen LogP contribution is -2.32. The van der Waals surface area contributed by atoms with Crippen LogP contribution in [-0.4, -0.2) is 27.9 Å². The van der Waals surface area contributed by atoms with Gasteiger partial charge in [-0.05, 0) is 19.1 Å². The van der Waals surface area contributed by atoms with Crippen molar-refractivity contribution in [3.05, 3.63) is 42.2 Å². The number of carbonyl (C=O) groups is 1. The first-order valence-electron chi connectivity index (χ1n) is 6.94. The van der Waals surface area contributed by atoms with Gasteiger partial charge in [0.1, 0.15) is 18.7 Å². The van der Waals surface area contributed by atoms with Gasteiger partial charge in [0.25, 0.3) is 0 Å². The molecule has 0 saturated carbocycles. The summed E-state index contributed by atoms with van der Waals surface area (Å²) >= 11 is 0. The fourth-order valence-corrected chi connectivity index (χ4v) is 1.95. The van der Waals surface area contributed by atoms with Crippen LogP contribution in [0.5, 0.6) is 0 Å². The first-order valence-corrected chi connectivity index (χ1v) is 6.94. The number of benzene rings is 1. The molecule has 0 saturated heterocycles. The second kappa shape index (κ2) is 7.04. The van der Waals surface area contributed by atoms with Crippen LogP contribution >= 0.6 is 0 Å². The summed E-state index contributed by atoms with van der Waals surface area (Å²) < 4.78 is 37.6. The van der Waals surface area contributed by atoms with E-state index in [1.807, 2.05) is 6.07 Å². The third kappa shape index (κ3) is 4.74. The molecular weight excluding hydrogens is 323 g/mol. The molecule has 0 unspecified atom stereocenters. The largest absolute Gasteiger partial charge is 0.408 e. The second-order valence-corrected chi connectivity index (χ2v) is 5.05. The van der Waals surface area contributed by atoms with Gasteiger partial charge in [-0.2, -0.15) is 23.5 Å². The lowest BCUT2D eigenvalue weighted by atomic mass is 10.2. The molecule has 1 aromatic carbocycles. The number of nitrogens with one attached hydrogen (secondary N) is 2. The van der Waals surface area contributed by atoms with Crippen molar-refractivity contribution in [3.8, 4) is 6.07 Å². The minimum absolute atomic E-state index is 0.287. The Bertz CT molecular complexity index is 763. The second-order valence-electron chi connectivity index (χ2n) is 5.05. The van der Waals surface area contributed by atoms with Crippen LogP contribution in [0.25, 0.3) is 0 Å². The van der Waals surface area contributed by atoms with Crippen molar-refractivity contribution in [1.29, 1.82) is 5.26 Å². The van der Waals surface area contributed by atoms with Gasteiger partial charge in [-0.1, -0.05) is 12.1 Å². The lowest BCUT2D eigenvalue weighted by molar-refractivity contribution is -0.142. The Hall–Kier alpha value is -3.02. The molecule has 0 aliphatic heterocycles. The number of carbonyl (C=O) groups excluding carboxylic acids is 1. The van der Waals surface area contributed by atoms with Crippen LogP contribution in [0.3, 0.4) is 0 Å². The first kappa shape index (κ1) is 17.3. The van der Waals surface area contributed by atoms with Crippen LogP contribution in [0.4, 0.5) is 24.5 Å². The molecule has 6 nitrogen and oxygen atoms in total. The van der Waals surface area contributed by atoms with Gasteiger partial charge in [0.2, 0.25) is 5.91 Å². The summed E-state index contributed by atoms with van der Waals surface area (Å²) in [6.07, 6.45) is -1.99. The van der Waals surface area contributed by atoms with E-state index in [9.17, 15) is 18.0 Å². The number of anilines is 2. The summed E-state index contributed by atoms with van der Waals surface area (Å²) in [6.45, 7) is 0.343. The van der Waals surface area contributed by atoms with Crippen molar-refractivity contribution in [3.63, 3.8) is 0 Å². The molecular formula is C15H14F3N5O. The monoisotopic (exact) mass is 337 g/mol. The van der Waals surface area contributed by atoms with E-state index in [1.54, 1.807) is 31.2 Å². The molecule has 0 bridgehead atoms. The number of hydrogen-bond acceptors (Lipinski definition) is 4. The van der Waals surface area contributed by atoms with Crippen molar-refractivity contribution < 1.29 is 18.0 Å². The van der Waals surface area contributed by atoms with Crippen molar-refractivity contribution >= 4 is 17.3 Å². The summed E-state index contributed by atoms with van der Waals surface area (Å²) in [5, 5.41) is 17.9. The number of rotatable bonds is 5. The number of hydrogen-bond donors (Lipinski definition) is 2. The molecule has 0 aliphatic rings. The molecule has 0 aliphatic carbocycles. The van der Waals surface area contributed by atoms with Crippen LogP contribution in [0, 0.1) is 11.3 Å². The van der Waals surface area contributed by atoms with Crippen LogP contribution in [-0.2, 0) is 11.3 Å². The predicted octanol–water partition coefficient (Wildman–Crippen LogP) is 2.76. The minimum Gasteiger partial charge on any atom is -0.371 e. The van der Waals surface area contributed by atoms with E-state index in [2.05, 4.69) is 15.7 Å². The summed E-state index contributed by atoms with van der Waals surface area (Å²) in [4.78, 5) is 12.1. The normalized spacial score (nSPS) is 12.3. The quantitative estimate of drug-likeness (QED) is 0.879. The Morgan fingerprint density at radius 1 is 1.42 bits per heavy atom. The zero-order valence-electron chi connectivity index (χ0n) is 12.6. The van der Waals surface area contributed by atoms with Crippen LogP contribution in [0.1, 0.15) is 12.5 Å². The first-order chi connectivity index (χ1) is 11.3. The van der Waals surface area contributed by atoms with E-state index in [0.717, 1.165) is 4.68 Å². The topological polar surface area (TPSA) is 82.7 Å². The molecule has 1 aromatic heterocycles. The van der Waals surface area contributed by atoms with Gasteiger partial charge in [0.15, 0.2) is 0 Å². The van der Waals surface area contributed by atoms with E-state index < -0.39 is 24.7 Å². The van der Waals surface area contributed by atoms with Gasteiger partial charge in [-0.25, -0.2) is 0 Å². The van der Waals surface area contributed by atoms with E-state index in [4.69, 9.17) is 5.26 Å².